The maximum atomic E-state index is 13.8. The van der Waals surface area contributed by atoms with Crippen LogP contribution < -0.4 is 10.6 Å². The molecule has 0 atom stereocenters. The van der Waals surface area contributed by atoms with Crippen LogP contribution in [0.4, 0.5) is 15.2 Å². The Balaban J connectivity index is 1.44. The molecule has 2 N–H and O–H groups in total. The third-order valence-corrected chi connectivity index (χ3v) is 5.36. The molecule has 1 aromatic carbocycles. The van der Waals surface area contributed by atoms with Gasteiger partial charge >= 0.3 is 0 Å². The molecule has 0 saturated heterocycles. The lowest BCUT2D eigenvalue weighted by molar-refractivity contribution is -0.121. The second-order valence-electron chi connectivity index (χ2n) is 7.04. The Bertz CT molecular complexity index is 1020. The van der Waals surface area contributed by atoms with Gasteiger partial charge in [-0.25, -0.2) is 9.37 Å². The van der Waals surface area contributed by atoms with E-state index in [-0.39, 0.29) is 48.7 Å². The van der Waals surface area contributed by atoms with Crippen molar-refractivity contribution in [3.63, 3.8) is 0 Å². The average molecular weight is 428 g/mol. The van der Waals surface area contributed by atoms with Crippen LogP contribution in [0.1, 0.15) is 35.5 Å². The van der Waals surface area contributed by atoms with Crippen LogP contribution in [-0.4, -0.2) is 34.3 Å². The number of halogens is 1. The topological polar surface area (TPSA) is 87.5 Å². The van der Waals surface area contributed by atoms with Crippen molar-refractivity contribution in [1.82, 2.24) is 15.2 Å². The minimum atomic E-state index is -0.401. The monoisotopic (exact) mass is 428 g/mol. The van der Waals surface area contributed by atoms with E-state index in [9.17, 15) is 14.0 Å². The molecule has 7 nitrogen and oxygen atoms in total. The Kier molecular flexibility index (Phi) is 6.08. The van der Waals surface area contributed by atoms with Crippen LogP contribution in [-0.2, 0) is 11.3 Å². The SMILES string of the molecule is O=C(CCN(Cc1ccco1)C(=O)c1csc(Nc2ccccc2F)n1)NC1CC1. The van der Waals surface area contributed by atoms with Gasteiger partial charge in [-0.05, 0) is 37.1 Å². The zero-order chi connectivity index (χ0) is 20.9. The molecule has 30 heavy (non-hydrogen) atoms. The molecule has 4 rings (SSSR count). The Morgan fingerprint density at radius 1 is 1.23 bits per heavy atom. The van der Waals surface area contributed by atoms with Gasteiger partial charge < -0.3 is 20.0 Å². The van der Waals surface area contributed by atoms with Crippen molar-refractivity contribution in [2.24, 2.45) is 0 Å². The van der Waals surface area contributed by atoms with E-state index in [0.29, 0.717) is 10.9 Å². The van der Waals surface area contributed by atoms with Gasteiger partial charge in [0.15, 0.2) is 5.13 Å². The molecule has 0 unspecified atom stereocenters. The maximum Gasteiger partial charge on any atom is 0.273 e. The summed E-state index contributed by atoms with van der Waals surface area (Å²) in [5.74, 6) is -0.175. The Hall–Kier alpha value is -3.20. The molecule has 1 saturated carbocycles. The smallest absolute Gasteiger partial charge is 0.273 e. The van der Waals surface area contributed by atoms with Crippen molar-refractivity contribution < 1.29 is 18.4 Å². The number of benzene rings is 1. The lowest BCUT2D eigenvalue weighted by Crippen LogP contribution is -2.35. The van der Waals surface area contributed by atoms with Crippen molar-refractivity contribution in [2.45, 2.75) is 31.8 Å². The van der Waals surface area contributed by atoms with Crippen molar-refractivity contribution in [2.75, 3.05) is 11.9 Å². The third-order valence-electron chi connectivity index (χ3n) is 4.60. The third kappa shape index (κ3) is 5.24. The van der Waals surface area contributed by atoms with Gasteiger partial charge in [-0.3, -0.25) is 9.59 Å². The summed E-state index contributed by atoms with van der Waals surface area (Å²) >= 11 is 1.21. The van der Waals surface area contributed by atoms with E-state index in [1.807, 2.05) is 0 Å². The molecule has 156 valence electrons. The molecular formula is C21H21FN4O3S. The summed E-state index contributed by atoms with van der Waals surface area (Å²) in [5.41, 5.74) is 0.517. The number of carbonyl (C=O) groups is 2. The van der Waals surface area contributed by atoms with Gasteiger partial charge in [0.05, 0.1) is 18.5 Å². The number of carbonyl (C=O) groups excluding carboxylic acids is 2. The number of furan rings is 1. The fourth-order valence-corrected chi connectivity index (χ4v) is 3.57. The van der Waals surface area contributed by atoms with Crippen LogP contribution in [0.25, 0.3) is 0 Å². The van der Waals surface area contributed by atoms with E-state index in [2.05, 4.69) is 15.6 Å². The van der Waals surface area contributed by atoms with Crippen LogP contribution in [0.3, 0.4) is 0 Å². The summed E-state index contributed by atoms with van der Waals surface area (Å²) < 4.78 is 19.2. The molecule has 1 aliphatic rings. The zero-order valence-corrected chi connectivity index (χ0v) is 17.0. The zero-order valence-electron chi connectivity index (χ0n) is 16.1. The number of hydrogen-bond donors (Lipinski definition) is 2. The first-order valence-corrected chi connectivity index (χ1v) is 10.5. The second-order valence-corrected chi connectivity index (χ2v) is 7.90. The molecule has 0 bridgehead atoms. The highest BCUT2D eigenvalue weighted by Gasteiger charge is 2.25. The molecule has 2 amide bonds. The van der Waals surface area contributed by atoms with Gasteiger partial charge in [0.2, 0.25) is 5.91 Å². The number of hydrogen-bond acceptors (Lipinski definition) is 6. The summed E-state index contributed by atoms with van der Waals surface area (Å²) in [6, 6.07) is 10.1. The van der Waals surface area contributed by atoms with Crippen LogP contribution in [0, 0.1) is 5.82 Å². The van der Waals surface area contributed by atoms with E-state index in [1.54, 1.807) is 35.7 Å². The van der Waals surface area contributed by atoms with Crippen molar-refractivity contribution in [1.29, 1.82) is 0 Å². The lowest BCUT2D eigenvalue weighted by Gasteiger charge is -2.20. The van der Waals surface area contributed by atoms with Crippen molar-refractivity contribution >= 4 is 34.0 Å². The lowest BCUT2D eigenvalue weighted by atomic mass is 10.3. The predicted molar refractivity (Wildman–Crippen MR) is 111 cm³/mol. The fourth-order valence-electron chi connectivity index (χ4n) is 2.88. The van der Waals surface area contributed by atoms with E-state index < -0.39 is 5.82 Å². The van der Waals surface area contributed by atoms with Crippen molar-refractivity contribution in [3.8, 4) is 0 Å². The first kappa shape index (κ1) is 20.1. The number of rotatable bonds is 9. The number of amides is 2. The Morgan fingerprint density at radius 2 is 2.07 bits per heavy atom. The molecule has 9 heteroatoms. The highest BCUT2D eigenvalue weighted by atomic mass is 32.1. The maximum absolute atomic E-state index is 13.8. The molecule has 0 aliphatic heterocycles. The van der Waals surface area contributed by atoms with Crippen LogP contribution in [0.5, 0.6) is 0 Å². The molecule has 2 aromatic heterocycles. The van der Waals surface area contributed by atoms with E-state index >= 15 is 0 Å². The quantitative estimate of drug-likeness (QED) is 0.539. The van der Waals surface area contributed by atoms with E-state index in [0.717, 1.165) is 12.8 Å². The van der Waals surface area contributed by atoms with Gasteiger partial charge in [0.25, 0.3) is 5.91 Å². The average Bonchev–Trinajstić information content (AvgIpc) is 3.19. The van der Waals surface area contributed by atoms with E-state index in [4.69, 9.17) is 4.42 Å². The van der Waals surface area contributed by atoms with Gasteiger partial charge in [0, 0.05) is 24.4 Å². The second kappa shape index (κ2) is 9.08. The van der Waals surface area contributed by atoms with Gasteiger partial charge in [-0.2, -0.15) is 0 Å². The van der Waals surface area contributed by atoms with Gasteiger partial charge in [-0.15, -0.1) is 11.3 Å². The largest absolute Gasteiger partial charge is 0.467 e. The molecular weight excluding hydrogens is 407 g/mol. The Morgan fingerprint density at radius 3 is 2.80 bits per heavy atom. The summed E-state index contributed by atoms with van der Waals surface area (Å²) in [4.78, 5) is 30.9. The molecule has 1 aliphatic carbocycles. The normalized spacial score (nSPS) is 13.1. The van der Waals surface area contributed by atoms with Crippen LogP contribution in [0.2, 0.25) is 0 Å². The van der Waals surface area contributed by atoms with E-state index in [1.165, 1.54) is 28.6 Å². The number of aromatic nitrogens is 1. The summed E-state index contributed by atoms with van der Waals surface area (Å²) in [5, 5.41) is 7.84. The number of nitrogens with one attached hydrogen (secondary N) is 2. The number of anilines is 2. The van der Waals surface area contributed by atoms with Crippen LogP contribution in [0.15, 0.2) is 52.5 Å². The first-order valence-electron chi connectivity index (χ1n) is 9.66. The number of para-hydroxylation sites is 1. The highest BCUT2D eigenvalue weighted by Crippen LogP contribution is 2.24. The highest BCUT2D eigenvalue weighted by molar-refractivity contribution is 7.14. The molecule has 0 spiro atoms. The fraction of sp³-hybridized carbons (Fsp3) is 0.286. The molecule has 3 aromatic rings. The van der Waals surface area contributed by atoms with Crippen LogP contribution >= 0.6 is 11.3 Å². The van der Waals surface area contributed by atoms with Gasteiger partial charge in [0.1, 0.15) is 17.3 Å². The first-order chi connectivity index (χ1) is 14.6. The minimum Gasteiger partial charge on any atom is -0.467 e. The number of thiazole rings is 1. The standard InChI is InChI=1S/C21H21FN4O3S/c22-16-5-1-2-6-17(16)24-21-25-18(13-30-21)20(28)26(12-15-4-3-11-29-15)10-9-19(27)23-14-7-8-14/h1-6,11,13-14H,7-10,12H2,(H,23,27)(H,24,25). The minimum absolute atomic E-state index is 0.0741. The van der Waals surface area contributed by atoms with Gasteiger partial charge in [-0.1, -0.05) is 12.1 Å². The molecule has 1 fully saturated rings. The Labute approximate surface area is 176 Å². The molecule has 0 radical (unpaired) electrons. The summed E-state index contributed by atoms with van der Waals surface area (Å²) in [6.45, 7) is 0.474. The van der Waals surface area contributed by atoms with Crippen molar-refractivity contribution in [3.05, 3.63) is 65.3 Å². The summed E-state index contributed by atoms with van der Waals surface area (Å²) in [6.07, 6.45) is 3.76. The molecule has 2 heterocycles. The predicted octanol–water partition coefficient (Wildman–Crippen LogP) is 3.93. The number of nitrogens with zero attached hydrogens (tertiary/aromatic N) is 2. The summed E-state index contributed by atoms with van der Waals surface area (Å²) in [7, 11) is 0.